The molecule has 1 aliphatic heterocycles. The number of amidine groups is 1. The zero-order valence-corrected chi connectivity index (χ0v) is 12.3. The Bertz CT molecular complexity index is 245. The van der Waals surface area contributed by atoms with Crippen molar-refractivity contribution in [2.45, 2.75) is 44.8 Å². The van der Waals surface area contributed by atoms with E-state index in [1.54, 1.807) is 0 Å². The van der Waals surface area contributed by atoms with Crippen molar-refractivity contribution < 1.29 is 0 Å². The lowest BCUT2D eigenvalue weighted by Gasteiger charge is -2.32. The fourth-order valence-corrected chi connectivity index (χ4v) is 2.93. The molecule has 0 spiro atoms. The molecule has 17 heavy (non-hydrogen) atoms. The van der Waals surface area contributed by atoms with Crippen molar-refractivity contribution in [2.75, 3.05) is 25.9 Å². The lowest BCUT2D eigenvalue weighted by Crippen LogP contribution is -2.36. The van der Waals surface area contributed by atoms with Gasteiger partial charge in [-0.25, -0.2) is 0 Å². The van der Waals surface area contributed by atoms with Gasteiger partial charge in [-0.05, 0) is 51.6 Å². The van der Waals surface area contributed by atoms with Gasteiger partial charge in [-0.15, -0.1) is 0 Å². The van der Waals surface area contributed by atoms with E-state index in [-0.39, 0.29) is 5.41 Å². The van der Waals surface area contributed by atoms with Crippen LogP contribution in [0.2, 0.25) is 0 Å². The zero-order valence-electron chi connectivity index (χ0n) is 11.5. The van der Waals surface area contributed by atoms with Gasteiger partial charge in [-0.3, -0.25) is 5.41 Å². The number of thioether (sulfide) groups is 1. The van der Waals surface area contributed by atoms with Crippen LogP contribution in [-0.2, 0) is 0 Å². The summed E-state index contributed by atoms with van der Waals surface area (Å²) in [7, 11) is 0. The maximum Gasteiger partial charge on any atom is 0.0963 e. The Balaban J connectivity index is 2.18. The third-order valence-electron chi connectivity index (χ3n) is 3.87. The Labute approximate surface area is 110 Å². The number of likely N-dealkylation sites (tertiary alicyclic amines) is 1. The Hall–Kier alpha value is -0.220. The number of nitrogens with two attached hydrogens (primary N) is 1. The van der Waals surface area contributed by atoms with Crippen molar-refractivity contribution in [3.05, 3.63) is 0 Å². The van der Waals surface area contributed by atoms with E-state index in [1.165, 1.54) is 25.9 Å². The van der Waals surface area contributed by atoms with E-state index in [1.807, 2.05) is 11.8 Å². The van der Waals surface area contributed by atoms with Gasteiger partial charge < -0.3 is 10.6 Å². The first-order chi connectivity index (χ1) is 7.95. The smallest absolute Gasteiger partial charge is 0.0963 e. The summed E-state index contributed by atoms with van der Waals surface area (Å²) in [5.74, 6) is 0.318. The highest BCUT2D eigenvalue weighted by molar-refractivity contribution is 7.99. The van der Waals surface area contributed by atoms with Crippen molar-refractivity contribution in [3.8, 4) is 0 Å². The quantitative estimate of drug-likeness (QED) is 0.568. The monoisotopic (exact) mass is 257 g/mol. The van der Waals surface area contributed by atoms with Crippen molar-refractivity contribution in [1.29, 1.82) is 5.41 Å². The van der Waals surface area contributed by atoms with Crippen LogP contribution in [0, 0.1) is 10.8 Å². The maximum atomic E-state index is 7.53. The number of nitrogens with one attached hydrogen (secondary N) is 1. The summed E-state index contributed by atoms with van der Waals surface area (Å²) in [5, 5.41) is 8.41. The van der Waals surface area contributed by atoms with E-state index >= 15 is 0 Å². The van der Waals surface area contributed by atoms with Crippen molar-refractivity contribution in [3.63, 3.8) is 0 Å². The molecule has 0 aromatic heterocycles. The SMILES string of the molecule is CSC1CCN(CCCC(C)(C)C(=N)N)CC1. The average Bonchev–Trinajstić information content (AvgIpc) is 2.29. The van der Waals surface area contributed by atoms with E-state index < -0.39 is 0 Å². The molecule has 0 unspecified atom stereocenters. The second-order valence-electron chi connectivity index (χ2n) is 5.68. The Morgan fingerprint density at radius 2 is 2.00 bits per heavy atom. The average molecular weight is 257 g/mol. The van der Waals surface area contributed by atoms with Gasteiger partial charge in [-0.2, -0.15) is 11.8 Å². The molecule has 100 valence electrons. The van der Waals surface area contributed by atoms with Crippen LogP contribution in [-0.4, -0.2) is 41.9 Å². The summed E-state index contributed by atoms with van der Waals surface area (Å²) >= 11 is 2.01. The molecule has 1 heterocycles. The Kier molecular flexibility index (Phi) is 5.80. The van der Waals surface area contributed by atoms with Crippen molar-refractivity contribution in [2.24, 2.45) is 11.1 Å². The summed E-state index contributed by atoms with van der Waals surface area (Å²) in [6.07, 6.45) is 7.05. The highest BCUT2D eigenvalue weighted by Crippen LogP contribution is 2.24. The predicted molar refractivity (Wildman–Crippen MR) is 77.9 cm³/mol. The summed E-state index contributed by atoms with van der Waals surface area (Å²) in [5.41, 5.74) is 5.47. The van der Waals surface area contributed by atoms with Gasteiger partial charge in [0.1, 0.15) is 0 Å². The molecule has 0 saturated carbocycles. The normalized spacial score (nSPS) is 19.5. The largest absolute Gasteiger partial charge is 0.387 e. The second kappa shape index (κ2) is 6.64. The first kappa shape index (κ1) is 14.8. The standard InChI is InChI=1S/C13H27N3S/c1-13(2,12(14)15)7-4-8-16-9-5-11(17-3)6-10-16/h11H,4-10H2,1-3H3,(H3,14,15). The lowest BCUT2D eigenvalue weighted by atomic mass is 9.86. The first-order valence-corrected chi connectivity index (χ1v) is 7.84. The third-order valence-corrected chi connectivity index (χ3v) is 5.01. The lowest BCUT2D eigenvalue weighted by molar-refractivity contribution is 0.221. The minimum atomic E-state index is -0.127. The van der Waals surface area contributed by atoms with Crippen LogP contribution in [0.15, 0.2) is 0 Å². The van der Waals surface area contributed by atoms with E-state index in [2.05, 4.69) is 25.0 Å². The molecule has 1 saturated heterocycles. The molecule has 1 rings (SSSR count). The van der Waals surface area contributed by atoms with Crippen molar-refractivity contribution >= 4 is 17.6 Å². The van der Waals surface area contributed by atoms with Crippen LogP contribution >= 0.6 is 11.8 Å². The topological polar surface area (TPSA) is 53.1 Å². The Morgan fingerprint density at radius 1 is 1.41 bits per heavy atom. The zero-order chi connectivity index (χ0) is 12.9. The maximum absolute atomic E-state index is 7.53. The van der Waals surface area contributed by atoms with Crippen LogP contribution in [0.3, 0.4) is 0 Å². The molecule has 3 nitrogen and oxygen atoms in total. The summed E-state index contributed by atoms with van der Waals surface area (Å²) in [6.45, 7) is 7.78. The number of rotatable bonds is 6. The summed E-state index contributed by atoms with van der Waals surface area (Å²) in [4.78, 5) is 2.56. The molecule has 0 bridgehead atoms. The number of piperidine rings is 1. The second-order valence-corrected chi connectivity index (χ2v) is 6.82. The van der Waals surface area contributed by atoms with Crippen LogP contribution in [0.1, 0.15) is 39.5 Å². The molecule has 0 amide bonds. The predicted octanol–water partition coefficient (Wildman–Crippen LogP) is 2.56. The van der Waals surface area contributed by atoms with Gasteiger partial charge in [0.25, 0.3) is 0 Å². The van der Waals surface area contributed by atoms with E-state index in [0.717, 1.165) is 24.6 Å². The minimum Gasteiger partial charge on any atom is -0.387 e. The summed E-state index contributed by atoms with van der Waals surface area (Å²) in [6, 6.07) is 0. The molecule has 0 aliphatic carbocycles. The number of nitrogens with zero attached hydrogens (tertiary/aromatic N) is 1. The van der Waals surface area contributed by atoms with E-state index in [4.69, 9.17) is 11.1 Å². The fourth-order valence-electron chi connectivity index (χ4n) is 2.25. The molecular formula is C13H27N3S. The van der Waals surface area contributed by atoms with Gasteiger partial charge in [0, 0.05) is 10.7 Å². The highest BCUT2D eigenvalue weighted by atomic mass is 32.2. The highest BCUT2D eigenvalue weighted by Gasteiger charge is 2.22. The molecule has 0 radical (unpaired) electrons. The number of hydrogen-bond acceptors (Lipinski definition) is 3. The van der Waals surface area contributed by atoms with Gasteiger partial charge in [0.05, 0.1) is 5.84 Å². The molecular weight excluding hydrogens is 230 g/mol. The molecule has 4 heteroatoms. The first-order valence-electron chi connectivity index (χ1n) is 6.55. The molecule has 0 aromatic carbocycles. The molecule has 0 aromatic rings. The van der Waals surface area contributed by atoms with Gasteiger partial charge in [0.15, 0.2) is 0 Å². The molecule has 1 fully saturated rings. The minimum absolute atomic E-state index is 0.127. The summed E-state index contributed by atoms with van der Waals surface area (Å²) < 4.78 is 0. The van der Waals surface area contributed by atoms with Gasteiger partial charge in [-0.1, -0.05) is 13.8 Å². The third kappa shape index (κ3) is 4.88. The van der Waals surface area contributed by atoms with Gasteiger partial charge in [0.2, 0.25) is 0 Å². The van der Waals surface area contributed by atoms with Crippen molar-refractivity contribution in [1.82, 2.24) is 4.90 Å². The Morgan fingerprint density at radius 3 is 2.47 bits per heavy atom. The van der Waals surface area contributed by atoms with Gasteiger partial charge >= 0.3 is 0 Å². The molecule has 1 aliphatic rings. The fraction of sp³-hybridized carbons (Fsp3) is 0.923. The molecule has 0 atom stereocenters. The molecule has 3 N–H and O–H groups in total. The van der Waals surface area contributed by atoms with Crippen LogP contribution in [0.4, 0.5) is 0 Å². The van der Waals surface area contributed by atoms with Crippen LogP contribution < -0.4 is 5.73 Å². The van der Waals surface area contributed by atoms with Crippen LogP contribution in [0.5, 0.6) is 0 Å². The number of hydrogen-bond donors (Lipinski definition) is 2. The van der Waals surface area contributed by atoms with E-state index in [9.17, 15) is 0 Å². The van der Waals surface area contributed by atoms with Crippen LogP contribution in [0.25, 0.3) is 0 Å². The van der Waals surface area contributed by atoms with E-state index in [0.29, 0.717) is 5.84 Å².